The lowest BCUT2D eigenvalue weighted by molar-refractivity contribution is 0.0600. The number of fused-ring (bicyclic) bond motifs is 1. The van der Waals surface area contributed by atoms with Crippen LogP contribution in [0.15, 0.2) is 42.5 Å². The molecule has 0 unspecified atom stereocenters. The van der Waals surface area contributed by atoms with E-state index in [4.69, 9.17) is 4.74 Å². The number of aromatic nitrogens is 1. The predicted molar refractivity (Wildman–Crippen MR) is 101 cm³/mol. The number of carbonyl (C=O) groups excluding carboxylic acids is 2. The number of nitrogens with one attached hydrogen (secondary N) is 1. The van der Waals surface area contributed by atoms with E-state index in [1.165, 1.54) is 7.11 Å². The highest BCUT2D eigenvalue weighted by atomic mass is 16.5. The summed E-state index contributed by atoms with van der Waals surface area (Å²) in [4.78, 5) is 29.2. The van der Waals surface area contributed by atoms with Crippen molar-refractivity contribution in [2.45, 2.75) is 20.4 Å². The maximum absolute atomic E-state index is 12.8. The minimum absolute atomic E-state index is 0.0396. The molecule has 0 aliphatic carbocycles. The van der Waals surface area contributed by atoms with Gasteiger partial charge in [0.1, 0.15) is 0 Å². The molecule has 0 aliphatic rings. The van der Waals surface area contributed by atoms with Crippen LogP contribution in [0.4, 0.5) is 0 Å². The maximum Gasteiger partial charge on any atom is 0.337 e. The molecule has 0 saturated carbocycles. The number of nitrogens with zero attached hydrogens (tertiary/aromatic N) is 1. The minimum Gasteiger partial charge on any atom is -0.465 e. The Bertz CT molecular complexity index is 971. The number of rotatable bonds is 4. The van der Waals surface area contributed by atoms with E-state index < -0.39 is 0 Å². The first-order valence-corrected chi connectivity index (χ1v) is 8.42. The van der Waals surface area contributed by atoms with Crippen molar-refractivity contribution < 1.29 is 14.3 Å². The van der Waals surface area contributed by atoms with Gasteiger partial charge in [0.25, 0.3) is 5.91 Å². The van der Waals surface area contributed by atoms with Crippen molar-refractivity contribution in [3.05, 3.63) is 70.4 Å². The summed E-state index contributed by atoms with van der Waals surface area (Å²) in [5.41, 5.74) is 5.42. The molecule has 1 heterocycles. The van der Waals surface area contributed by atoms with Gasteiger partial charge in [-0.05, 0) is 55.3 Å². The Kier molecular flexibility index (Phi) is 4.80. The Labute approximate surface area is 152 Å². The molecule has 0 radical (unpaired) electrons. The molecule has 0 atom stereocenters. The molecular weight excluding hydrogens is 328 g/mol. The van der Waals surface area contributed by atoms with Gasteiger partial charge < -0.3 is 14.6 Å². The third-order valence-electron chi connectivity index (χ3n) is 4.70. The highest BCUT2D eigenvalue weighted by Crippen LogP contribution is 2.23. The fourth-order valence-electron chi connectivity index (χ4n) is 3.02. The largest absolute Gasteiger partial charge is 0.465 e. The minimum atomic E-state index is -0.369. The van der Waals surface area contributed by atoms with Crippen molar-refractivity contribution in [1.29, 1.82) is 0 Å². The topological polar surface area (TPSA) is 62.4 Å². The van der Waals surface area contributed by atoms with E-state index in [0.29, 0.717) is 17.7 Å². The van der Waals surface area contributed by atoms with E-state index >= 15 is 0 Å². The van der Waals surface area contributed by atoms with Crippen LogP contribution < -0.4 is 0 Å². The average molecular weight is 350 g/mol. The number of esters is 1. The first-order chi connectivity index (χ1) is 12.4. The zero-order valence-electron chi connectivity index (χ0n) is 15.4. The van der Waals surface area contributed by atoms with Gasteiger partial charge in [0.05, 0.1) is 12.7 Å². The lowest BCUT2D eigenvalue weighted by atomic mass is 10.1. The second-order valence-electron chi connectivity index (χ2n) is 6.49. The highest BCUT2D eigenvalue weighted by molar-refractivity contribution is 5.99. The van der Waals surface area contributed by atoms with Gasteiger partial charge >= 0.3 is 5.97 Å². The van der Waals surface area contributed by atoms with E-state index in [9.17, 15) is 9.59 Å². The Balaban J connectivity index is 1.77. The lowest BCUT2D eigenvalue weighted by Gasteiger charge is -2.17. The molecule has 0 aliphatic heterocycles. The normalized spacial score (nSPS) is 10.8. The smallest absolute Gasteiger partial charge is 0.337 e. The Morgan fingerprint density at radius 1 is 1.04 bits per heavy atom. The standard InChI is InChI=1S/C21H22N2O3/c1-13-14(2)22-19-10-9-17(11-18(13)19)20(24)23(3)12-15-5-7-16(8-6-15)21(25)26-4/h5-11,22H,12H2,1-4H3. The van der Waals surface area contributed by atoms with Gasteiger partial charge in [-0.3, -0.25) is 4.79 Å². The van der Waals surface area contributed by atoms with Gasteiger partial charge in [0.15, 0.2) is 0 Å². The van der Waals surface area contributed by atoms with Crippen molar-refractivity contribution in [1.82, 2.24) is 9.88 Å². The molecule has 0 saturated heterocycles. The maximum atomic E-state index is 12.8. The number of hydrogen-bond acceptors (Lipinski definition) is 3. The van der Waals surface area contributed by atoms with Crippen LogP contribution in [-0.4, -0.2) is 35.9 Å². The van der Waals surface area contributed by atoms with Gasteiger partial charge in [0, 0.05) is 35.8 Å². The van der Waals surface area contributed by atoms with Crippen molar-refractivity contribution in [3.63, 3.8) is 0 Å². The Morgan fingerprint density at radius 3 is 2.35 bits per heavy atom. The third-order valence-corrected chi connectivity index (χ3v) is 4.70. The number of ether oxygens (including phenoxy) is 1. The van der Waals surface area contributed by atoms with Gasteiger partial charge in [-0.1, -0.05) is 12.1 Å². The van der Waals surface area contributed by atoms with Crippen molar-refractivity contribution >= 4 is 22.8 Å². The summed E-state index contributed by atoms with van der Waals surface area (Å²) in [6.07, 6.45) is 0. The second kappa shape index (κ2) is 7.04. The molecule has 0 bridgehead atoms. The second-order valence-corrected chi connectivity index (χ2v) is 6.49. The van der Waals surface area contributed by atoms with Crippen LogP contribution in [0.2, 0.25) is 0 Å². The number of amides is 1. The van der Waals surface area contributed by atoms with Gasteiger partial charge in [-0.2, -0.15) is 0 Å². The molecule has 5 nitrogen and oxygen atoms in total. The number of benzene rings is 2. The van der Waals surface area contributed by atoms with Crippen LogP contribution in [0.25, 0.3) is 10.9 Å². The van der Waals surface area contributed by atoms with Crippen LogP contribution >= 0.6 is 0 Å². The number of aryl methyl sites for hydroxylation is 2. The van der Waals surface area contributed by atoms with Crippen LogP contribution in [0.3, 0.4) is 0 Å². The molecule has 0 spiro atoms. The van der Waals surface area contributed by atoms with E-state index in [-0.39, 0.29) is 11.9 Å². The molecule has 134 valence electrons. The summed E-state index contributed by atoms with van der Waals surface area (Å²) in [5.74, 6) is -0.409. The molecule has 5 heteroatoms. The fraction of sp³-hybridized carbons (Fsp3) is 0.238. The SMILES string of the molecule is COC(=O)c1ccc(CN(C)C(=O)c2ccc3[nH]c(C)c(C)c3c2)cc1. The number of H-pyrrole nitrogens is 1. The summed E-state index contributed by atoms with van der Waals surface area (Å²) < 4.78 is 4.69. The number of methoxy groups -OCH3 is 1. The summed E-state index contributed by atoms with van der Waals surface area (Å²) in [6.45, 7) is 4.54. The van der Waals surface area contributed by atoms with Crippen molar-refractivity contribution in [3.8, 4) is 0 Å². The Morgan fingerprint density at radius 2 is 1.69 bits per heavy atom. The molecule has 1 amide bonds. The van der Waals surface area contributed by atoms with Gasteiger partial charge in [-0.25, -0.2) is 4.79 Å². The van der Waals surface area contributed by atoms with E-state index in [2.05, 4.69) is 11.9 Å². The molecule has 26 heavy (non-hydrogen) atoms. The lowest BCUT2D eigenvalue weighted by Crippen LogP contribution is -2.26. The van der Waals surface area contributed by atoms with E-state index in [1.807, 2.05) is 37.3 Å². The molecule has 3 aromatic rings. The van der Waals surface area contributed by atoms with E-state index in [1.54, 1.807) is 24.1 Å². The monoisotopic (exact) mass is 350 g/mol. The average Bonchev–Trinajstić information content (AvgIpc) is 2.94. The summed E-state index contributed by atoms with van der Waals surface area (Å²) in [7, 11) is 3.13. The summed E-state index contributed by atoms with van der Waals surface area (Å²) in [6, 6.07) is 12.8. The number of carbonyl (C=O) groups is 2. The quantitative estimate of drug-likeness (QED) is 0.727. The highest BCUT2D eigenvalue weighted by Gasteiger charge is 2.15. The zero-order valence-corrected chi connectivity index (χ0v) is 15.4. The van der Waals surface area contributed by atoms with E-state index in [0.717, 1.165) is 27.7 Å². The molecule has 1 N–H and O–H groups in total. The van der Waals surface area contributed by atoms with Crippen LogP contribution in [0.5, 0.6) is 0 Å². The summed E-state index contributed by atoms with van der Waals surface area (Å²) in [5, 5.41) is 1.07. The van der Waals surface area contributed by atoms with Crippen LogP contribution in [-0.2, 0) is 11.3 Å². The first kappa shape index (κ1) is 17.7. The summed E-state index contributed by atoms with van der Waals surface area (Å²) >= 11 is 0. The van der Waals surface area contributed by atoms with Crippen molar-refractivity contribution in [2.75, 3.05) is 14.2 Å². The number of aromatic amines is 1. The fourth-order valence-corrected chi connectivity index (χ4v) is 3.02. The number of hydrogen-bond donors (Lipinski definition) is 1. The molecule has 3 rings (SSSR count). The molecule has 2 aromatic carbocycles. The van der Waals surface area contributed by atoms with Crippen LogP contribution in [0, 0.1) is 13.8 Å². The molecule has 1 aromatic heterocycles. The van der Waals surface area contributed by atoms with Gasteiger partial charge in [-0.15, -0.1) is 0 Å². The first-order valence-electron chi connectivity index (χ1n) is 8.42. The molecule has 0 fully saturated rings. The van der Waals surface area contributed by atoms with Crippen molar-refractivity contribution in [2.24, 2.45) is 0 Å². The predicted octanol–water partition coefficient (Wildman–Crippen LogP) is 3.84. The van der Waals surface area contributed by atoms with Gasteiger partial charge in [0.2, 0.25) is 0 Å². The zero-order chi connectivity index (χ0) is 18.8. The molecular formula is C21H22N2O3. The third kappa shape index (κ3) is 3.33. The van der Waals surface area contributed by atoms with Crippen LogP contribution in [0.1, 0.15) is 37.5 Å². The Hall–Kier alpha value is -3.08.